The minimum absolute atomic E-state index is 0.218. The van der Waals surface area contributed by atoms with Gasteiger partial charge < -0.3 is 5.73 Å². The van der Waals surface area contributed by atoms with Crippen molar-refractivity contribution in [2.45, 2.75) is 19.4 Å². The van der Waals surface area contributed by atoms with Crippen LogP contribution in [0, 0.1) is 12.3 Å². The van der Waals surface area contributed by atoms with Gasteiger partial charge in [-0.2, -0.15) is 0 Å². The van der Waals surface area contributed by atoms with Crippen molar-refractivity contribution >= 4 is 11.3 Å². The summed E-state index contributed by atoms with van der Waals surface area (Å²) in [5.74, 6) is 2.53. The molecule has 0 saturated carbocycles. The van der Waals surface area contributed by atoms with Crippen molar-refractivity contribution in [1.29, 1.82) is 0 Å². The molecule has 1 nitrogen and oxygen atoms in total. The average Bonchev–Trinajstić information content (AvgIpc) is 2.50. The minimum Gasteiger partial charge on any atom is -0.313 e. The van der Waals surface area contributed by atoms with Crippen LogP contribution < -0.4 is 5.73 Å². The van der Waals surface area contributed by atoms with Gasteiger partial charge in [-0.05, 0) is 23.4 Å². The van der Waals surface area contributed by atoms with E-state index in [0.29, 0.717) is 0 Å². The number of nitrogens with two attached hydrogens (primary N) is 1. The highest BCUT2D eigenvalue weighted by molar-refractivity contribution is 7.10. The zero-order valence-corrected chi connectivity index (χ0v) is 7.32. The molecule has 1 rings (SSSR count). The number of hydrogen-bond donors (Lipinski definition) is 1. The van der Waals surface area contributed by atoms with Crippen molar-refractivity contribution in [3.05, 3.63) is 21.9 Å². The lowest BCUT2D eigenvalue weighted by Gasteiger charge is -2.02. The molecule has 0 aliphatic rings. The number of terminal acetylenes is 1. The van der Waals surface area contributed by atoms with Crippen molar-refractivity contribution in [3.63, 3.8) is 0 Å². The molecule has 2 N–H and O–H groups in total. The van der Waals surface area contributed by atoms with Crippen molar-refractivity contribution in [2.75, 3.05) is 0 Å². The van der Waals surface area contributed by atoms with E-state index in [1.54, 1.807) is 11.3 Å². The van der Waals surface area contributed by atoms with E-state index >= 15 is 0 Å². The summed E-state index contributed by atoms with van der Waals surface area (Å²) in [4.78, 5) is 1.13. The number of thiophene rings is 1. The van der Waals surface area contributed by atoms with E-state index in [4.69, 9.17) is 12.2 Å². The van der Waals surface area contributed by atoms with E-state index < -0.39 is 0 Å². The smallest absolute Gasteiger partial charge is 0.101 e. The topological polar surface area (TPSA) is 26.0 Å². The Labute approximate surface area is 71.2 Å². The molecule has 0 aliphatic heterocycles. The third kappa shape index (κ3) is 1.62. The van der Waals surface area contributed by atoms with Gasteiger partial charge in [0.05, 0.1) is 0 Å². The first-order chi connectivity index (χ1) is 5.29. The van der Waals surface area contributed by atoms with Crippen LogP contribution in [0.15, 0.2) is 11.4 Å². The van der Waals surface area contributed by atoms with Gasteiger partial charge in [0.15, 0.2) is 0 Å². The molecule has 0 saturated heterocycles. The van der Waals surface area contributed by atoms with Crippen LogP contribution in [0.3, 0.4) is 0 Å². The van der Waals surface area contributed by atoms with Gasteiger partial charge in [-0.3, -0.25) is 0 Å². The predicted molar refractivity (Wildman–Crippen MR) is 49.5 cm³/mol. The fraction of sp³-hybridized carbons (Fsp3) is 0.333. The van der Waals surface area contributed by atoms with E-state index in [2.05, 4.69) is 18.9 Å². The molecule has 11 heavy (non-hydrogen) atoms. The number of rotatable bonds is 2. The second kappa shape index (κ2) is 3.56. The van der Waals surface area contributed by atoms with Gasteiger partial charge in [0, 0.05) is 4.88 Å². The van der Waals surface area contributed by atoms with Gasteiger partial charge >= 0.3 is 0 Å². The Hall–Kier alpha value is -0.780. The molecule has 0 bridgehead atoms. The molecular formula is C9H11NS. The summed E-state index contributed by atoms with van der Waals surface area (Å²) in [5.41, 5.74) is 6.97. The molecule has 2 heteroatoms. The predicted octanol–water partition coefficient (Wildman–Crippen LogP) is 1.94. The van der Waals surface area contributed by atoms with Crippen molar-refractivity contribution in [3.8, 4) is 12.3 Å². The Morgan fingerprint density at radius 3 is 3.09 bits per heavy atom. The fourth-order valence-corrected chi connectivity index (χ4v) is 1.95. The third-order valence-electron chi connectivity index (χ3n) is 1.62. The summed E-state index contributed by atoms with van der Waals surface area (Å²) in [6, 6.07) is 1.86. The quantitative estimate of drug-likeness (QED) is 0.666. The molecule has 1 aromatic heterocycles. The van der Waals surface area contributed by atoms with Crippen LogP contribution in [-0.4, -0.2) is 0 Å². The molecule has 1 aromatic rings. The molecule has 58 valence electrons. The van der Waals surface area contributed by atoms with Gasteiger partial charge in [0.1, 0.15) is 6.04 Å². The van der Waals surface area contributed by atoms with Gasteiger partial charge in [-0.1, -0.05) is 12.8 Å². The fourth-order valence-electron chi connectivity index (χ4n) is 0.988. The van der Waals surface area contributed by atoms with E-state index in [0.717, 1.165) is 11.3 Å². The lowest BCUT2D eigenvalue weighted by molar-refractivity contribution is 0.943. The molecule has 0 amide bonds. The first-order valence-electron chi connectivity index (χ1n) is 3.57. The van der Waals surface area contributed by atoms with Gasteiger partial charge in [0.25, 0.3) is 0 Å². The Morgan fingerprint density at radius 1 is 1.82 bits per heavy atom. The third-order valence-corrected chi connectivity index (χ3v) is 2.67. The van der Waals surface area contributed by atoms with Crippen molar-refractivity contribution in [1.82, 2.24) is 0 Å². The Morgan fingerprint density at radius 2 is 2.55 bits per heavy atom. The normalized spacial score (nSPS) is 12.5. The zero-order chi connectivity index (χ0) is 8.27. The Bertz CT molecular complexity index is 269. The summed E-state index contributed by atoms with van der Waals surface area (Å²) < 4.78 is 0. The molecule has 1 atom stereocenters. The minimum atomic E-state index is -0.218. The van der Waals surface area contributed by atoms with E-state index in [1.807, 2.05) is 5.38 Å². The lowest BCUT2D eigenvalue weighted by Crippen LogP contribution is -2.06. The highest BCUT2D eigenvalue weighted by Crippen LogP contribution is 2.22. The maximum atomic E-state index is 5.69. The average molecular weight is 165 g/mol. The summed E-state index contributed by atoms with van der Waals surface area (Å²) in [7, 11) is 0. The first kappa shape index (κ1) is 8.32. The van der Waals surface area contributed by atoms with Crippen LogP contribution in [0.25, 0.3) is 0 Å². The molecule has 0 fully saturated rings. The van der Waals surface area contributed by atoms with Crippen LogP contribution >= 0.6 is 11.3 Å². The summed E-state index contributed by atoms with van der Waals surface area (Å²) >= 11 is 1.64. The maximum absolute atomic E-state index is 5.69. The van der Waals surface area contributed by atoms with Crippen LogP contribution in [-0.2, 0) is 6.42 Å². The van der Waals surface area contributed by atoms with Crippen LogP contribution in [0.2, 0.25) is 0 Å². The molecule has 0 aliphatic carbocycles. The van der Waals surface area contributed by atoms with E-state index in [9.17, 15) is 0 Å². The molecule has 1 heterocycles. The summed E-state index contributed by atoms with van der Waals surface area (Å²) in [6.45, 7) is 2.11. The Balaban J connectivity index is 2.94. The largest absolute Gasteiger partial charge is 0.313 e. The molecule has 1 unspecified atom stereocenters. The van der Waals surface area contributed by atoms with Crippen LogP contribution in [0.1, 0.15) is 23.4 Å². The van der Waals surface area contributed by atoms with E-state index in [1.165, 1.54) is 5.56 Å². The molecular weight excluding hydrogens is 154 g/mol. The summed E-state index contributed by atoms with van der Waals surface area (Å²) in [6.07, 6.45) is 6.23. The second-order valence-electron chi connectivity index (χ2n) is 2.31. The van der Waals surface area contributed by atoms with Gasteiger partial charge in [0.2, 0.25) is 0 Å². The monoisotopic (exact) mass is 165 g/mol. The molecule has 0 spiro atoms. The number of hydrogen-bond acceptors (Lipinski definition) is 2. The highest BCUT2D eigenvalue weighted by atomic mass is 32.1. The number of aryl methyl sites for hydroxylation is 1. The van der Waals surface area contributed by atoms with Gasteiger partial charge in [-0.25, -0.2) is 0 Å². The van der Waals surface area contributed by atoms with E-state index in [-0.39, 0.29) is 6.04 Å². The van der Waals surface area contributed by atoms with Crippen LogP contribution in [0.4, 0.5) is 0 Å². The zero-order valence-electron chi connectivity index (χ0n) is 6.50. The lowest BCUT2D eigenvalue weighted by atomic mass is 10.1. The van der Waals surface area contributed by atoms with Gasteiger partial charge in [-0.15, -0.1) is 17.8 Å². The summed E-state index contributed by atoms with van der Waals surface area (Å²) in [5, 5.41) is 2.03. The molecule has 0 radical (unpaired) electrons. The standard InChI is InChI=1S/C9H11NS/c1-3-7-5-6-11-9(7)8(10)4-2/h2,5-6,8H,3,10H2,1H3. The van der Waals surface area contributed by atoms with Crippen molar-refractivity contribution in [2.24, 2.45) is 5.73 Å². The van der Waals surface area contributed by atoms with Crippen molar-refractivity contribution < 1.29 is 0 Å². The molecule has 0 aromatic carbocycles. The Kier molecular flexibility index (Phi) is 2.70. The second-order valence-corrected chi connectivity index (χ2v) is 3.26. The van der Waals surface area contributed by atoms with Crippen LogP contribution in [0.5, 0.6) is 0 Å². The highest BCUT2D eigenvalue weighted by Gasteiger charge is 2.07. The first-order valence-corrected chi connectivity index (χ1v) is 4.45. The maximum Gasteiger partial charge on any atom is 0.101 e. The SMILES string of the molecule is C#CC(N)c1sccc1CC.